The van der Waals surface area contributed by atoms with Gasteiger partial charge >= 0.3 is 12.1 Å². The zero-order chi connectivity index (χ0) is 19.2. The van der Waals surface area contributed by atoms with Crippen molar-refractivity contribution in [2.24, 2.45) is 0 Å². The van der Waals surface area contributed by atoms with Crippen LogP contribution in [0.5, 0.6) is 0 Å². The molecule has 0 fully saturated rings. The van der Waals surface area contributed by atoms with Crippen molar-refractivity contribution in [1.29, 1.82) is 0 Å². The van der Waals surface area contributed by atoms with Gasteiger partial charge in [0.1, 0.15) is 5.82 Å². The summed E-state index contributed by atoms with van der Waals surface area (Å²) in [5, 5.41) is 9.27. The first-order valence-electron chi connectivity index (χ1n) is 7.30. The van der Waals surface area contributed by atoms with Crippen LogP contribution in [0.2, 0.25) is 5.02 Å². The number of carbonyl (C=O) groups is 1. The number of benzene rings is 2. The molecule has 0 saturated heterocycles. The minimum atomic E-state index is -4.55. The monoisotopic (exact) mass is 383 g/mol. The van der Waals surface area contributed by atoms with Gasteiger partial charge in [-0.25, -0.2) is 14.2 Å². The molecule has 0 aliphatic rings. The molecule has 0 spiro atoms. The van der Waals surface area contributed by atoms with E-state index in [1.807, 2.05) is 0 Å². The molecule has 1 N–H and O–H groups in total. The summed E-state index contributed by atoms with van der Waals surface area (Å²) >= 11 is 5.73. The van der Waals surface area contributed by atoms with E-state index in [-0.39, 0.29) is 38.3 Å². The molecule has 0 aliphatic heterocycles. The second-order valence-electron chi connectivity index (χ2n) is 5.63. The van der Waals surface area contributed by atoms with E-state index in [1.54, 1.807) is 0 Å². The van der Waals surface area contributed by atoms with Crippen LogP contribution in [0.3, 0.4) is 0 Å². The van der Waals surface area contributed by atoms with Crippen LogP contribution in [0.25, 0.3) is 22.2 Å². The summed E-state index contributed by atoms with van der Waals surface area (Å²) in [7, 11) is 0. The summed E-state index contributed by atoms with van der Waals surface area (Å²) < 4.78 is 52.7. The molecule has 1 heterocycles. The van der Waals surface area contributed by atoms with Crippen molar-refractivity contribution < 1.29 is 27.5 Å². The maximum Gasteiger partial charge on any atom is 0.416 e. The SMILES string of the molecule is Cc1c(-c2cccc(C(F)(F)F)c2)nc2cc(Cl)c(F)cc2c1C(=O)O. The number of alkyl halides is 3. The van der Waals surface area contributed by atoms with Gasteiger partial charge in [0.15, 0.2) is 0 Å². The van der Waals surface area contributed by atoms with E-state index in [1.165, 1.54) is 19.1 Å². The van der Waals surface area contributed by atoms with Crippen LogP contribution in [0.1, 0.15) is 21.5 Å². The third kappa shape index (κ3) is 3.10. The van der Waals surface area contributed by atoms with E-state index in [0.29, 0.717) is 0 Å². The molecule has 134 valence electrons. The van der Waals surface area contributed by atoms with E-state index >= 15 is 0 Å². The molecule has 3 rings (SSSR count). The maximum absolute atomic E-state index is 13.8. The van der Waals surface area contributed by atoms with Gasteiger partial charge in [-0.05, 0) is 36.8 Å². The fourth-order valence-corrected chi connectivity index (χ4v) is 2.91. The zero-order valence-corrected chi connectivity index (χ0v) is 13.9. The highest BCUT2D eigenvalue weighted by Gasteiger charge is 2.31. The van der Waals surface area contributed by atoms with Gasteiger partial charge in [0.05, 0.1) is 27.4 Å². The van der Waals surface area contributed by atoms with Crippen LogP contribution in [-0.2, 0) is 6.18 Å². The average molecular weight is 384 g/mol. The Hall–Kier alpha value is -2.67. The van der Waals surface area contributed by atoms with Gasteiger partial charge in [0.25, 0.3) is 0 Å². The average Bonchev–Trinajstić information content (AvgIpc) is 2.55. The smallest absolute Gasteiger partial charge is 0.416 e. The first-order valence-corrected chi connectivity index (χ1v) is 7.67. The summed E-state index contributed by atoms with van der Waals surface area (Å²) in [6, 6.07) is 6.50. The Morgan fingerprint density at radius 2 is 1.88 bits per heavy atom. The lowest BCUT2D eigenvalue weighted by molar-refractivity contribution is -0.137. The number of carboxylic acids is 1. The second-order valence-corrected chi connectivity index (χ2v) is 6.03. The van der Waals surface area contributed by atoms with Crippen LogP contribution in [0.4, 0.5) is 17.6 Å². The molecule has 0 unspecified atom stereocenters. The maximum atomic E-state index is 13.8. The molecule has 26 heavy (non-hydrogen) atoms. The van der Waals surface area contributed by atoms with Crippen molar-refractivity contribution in [2.45, 2.75) is 13.1 Å². The van der Waals surface area contributed by atoms with Crippen LogP contribution in [0, 0.1) is 12.7 Å². The standard InChI is InChI=1S/C18H10ClF4NO2/c1-8-15(17(25)26)11-6-13(20)12(19)7-14(11)24-16(8)9-3-2-4-10(5-9)18(21,22)23/h2-7H,1H3,(H,25,26). The summed E-state index contributed by atoms with van der Waals surface area (Å²) in [5.74, 6) is -2.15. The fraction of sp³-hybridized carbons (Fsp3) is 0.111. The van der Waals surface area contributed by atoms with Gasteiger partial charge in [-0.2, -0.15) is 13.2 Å². The van der Waals surface area contributed by atoms with E-state index in [4.69, 9.17) is 11.6 Å². The van der Waals surface area contributed by atoms with Crippen molar-refractivity contribution in [3.63, 3.8) is 0 Å². The number of nitrogens with zero attached hydrogens (tertiary/aromatic N) is 1. The molecule has 0 radical (unpaired) electrons. The van der Waals surface area contributed by atoms with Crippen molar-refractivity contribution in [3.05, 3.63) is 63.9 Å². The Morgan fingerprint density at radius 1 is 1.19 bits per heavy atom. The first-order chi connectivity index (χ1) is 12.1. The molecule has 2 aromatic carbocycles. The number of rotatable bonds is 2. The largest absolute Gasteiger partial charge is 0.478 e. The van der Waals surface area contributed by atoms with Crippen LogP contribution in [0.15, 0.2) is 36.4 Å². The third-order valence-corrected chi connectivity index (χ3v) is 4.24. The molecule has 0 atom stereocenters. The number of fused-ring (bicyclic) bond motifs is 1. The molecule has 3 nitrogen and oxygen atoms in total. The Balaban J connectivity index is 2.36. The Labute approximate surface area is 149 Å². The zero-order valence-electron chi connectivity index (χ0n) is 13.2. The van der Waals surface area contributed by atoms with Gasteiger partial charge in [-0.1, -0.05) is 23.7 Å². The summed E-state index contributed by atoms with van der Waals surface area (Å²) in [5.41, 5.74) is -0.757. The number of pyridine rings is 1. The third-order valence-electron chi connectivity index (χ3n) is 3.95. The molecular weight excluding hydrogens is 374 g/mol. The van der Waals surface area contributed by atoms with Crippen molar-refractivity contribution >= 4 is 28.5 Å². The lowest BCUT2D eigenvalue weighted by atomic mass is 9.97. The van der Waals surface area contributed by atoms with Crippen LogP contribution >= 0.6 is 11.6 Å². The summed E-state index contributed by atoms with van der Waals surface area (Å²) in [6.07, 6.45) is -4.55. The van der Waals surface area contributed by atoms with Crippen molar-refractivity contribution in [2.75, 3.05) is 0 Å². The molecule has 8 heteroatoms. The molecule has 0 aliphatic carbocycles. The normalized spacial score (nSPS) is 11.8. The lowest BCUT2D eigenvalue weighted by Gasteiger charge is -2.14. The number of hydrogen-bond acceptors (Lipinski definition) is 2. The highest BCUT2D eigenvalue weighted by Crippen LogP contribution is 2.35. The van der Waals surface area contributed by atoms with E-state index in [2.05, 4.69) is 4.98 Å². The van der Waals surface area contributed by atoms with E-state index in [0.717, 1.165) is 24.3 Å². The molecule has 0 saturated carbocycles. The topological polar surface area (TPSA) is 50.2 Å². The highest BCUT2D eigenvalue weighted by molar-refractivity contribution is 6.31. The predicted octanol–water partition coefficient (Wildman–Crippen LogP) is 5.72. The minimum Gasteiger partial charge on any atom is -0.478 e. The fourth-order valence-electron chi connectivity index (χ4n) is 2.75. The van der Waals surface area contributed by atoms with Gasteiger partial charge in [0, 0.05) is 10.9 Å². The number of aromatic carboxylic acids is 1. The summed E-state index contributed by atoms with van der Waals surface area (Å²) in [6.45, 7) is 1.41. The van der Waals surface area contributed by atoms with Crippen LogP contribution in [-0.4, -0.2) is 16.1 Å². The number of carboxylic acid groups (broad SMARTS) is 1. The van der Waals surface area contributed by atoms with E-state index < -0.39 is 23.5 Å². The Morgan fingerprint density at radius 3 is 2.50 bits per heavy atom. The molecule has 3 aromatic rings. The quantitative estimate of drug-likeness (QED) is 0.576. The number of aromatic nitrogens is 1. The Kier molecular flexibility index (Phi) is 4.36. The molecule has 0 bridgehead atoms. The van der Waals surface area contributed by atoms with Crippen molar-refractivity contribution in [1.82, 2.24) is 4.98 Å². The van der Waals surface area contributed by atoms with Gasteiger partial charge in [-0.15, -0.1) is 0 Å². The Bertz CT molecular complexity index is 1050. The van der Waals surface area contributed by atoms with Crippen molar-refractivity contribution in [3.8, 4) is 11.3 Å². The van der Waals surface area contributed by atoms with E-state index in [9.17, 15) is 27.5 Å². The number of halogens is 5. The minimum absolute atomic E-state index is 0.0209. The van der Waals surface area contributed by atoms with Crippen LogP contribution < -0.4 is 0 Å². The molecule has 1 aromatic heterocycles. The predicted molar refractivity (Wildman–Crippen MR) is 88.8 cm³/mol. The van der Waals surface area contributed by atoms with Gasteiger partial charge < -0.3 is 5.11 Å². The molecule has 0 amide bonds. The number of hydrogen-bond donors (Lipinski definition) is 1. The first kappa shape index (κ1) is 18.1. The lowest BCUT2D eigenvalue weighted by Crippen LogP contribution is -2.07. The van der Waals surface area contributed by atoms with Gasteiger partial charge in [0.2, 0.25) is 0 Å². The summed E-state index contributed by atoms with van der Waals surface area (Å²) in [4.78, 5) is 15.9. The highest BCUT2D eigenvalue weighted by atomic mass is 35.5. The second kappa shape index (κ2) is 6.25. The molecular formula is C18H10ClF4NO2. The van der Waals surface area contributed by atoms with Gasteiger partial charge in [-0.3, -0.25) is 0 Å².